The molecule has 0 aromatic carbocycles. The first-order valence-electron chi connectivity index (χ1n) is 9.58. The fourth-order valence-electron chi connectivity index (χ4n) is 3.55. The highest BCUT2D eigenvalue weighted by atomic mass is 31.2. The first-order chi connectivity index (χ1) is 13.8. The van der Waals surface area contributed by atoms with Crippen LogP contribution in [-0.4, -0.2) is 58.8 Å². The Labute approximate surface area is 167 Å². The minimum absolute atomic E-state index is 0.0163. The molecule has 0 bridgehead atoms. The molecule has 11 nitrogen and oxygen atoms in total. The maximum Gasteiger partial charge on any atom is 0.389 e. The van der Waals surface area contributed by atoms with Crippen molar-refractivity contribution >= 4 is 7.60 Å². The van der Waals surface area contributed by atoms with Gasteiger partial charge in [0.05, 0.1) is 25.9 Å². The van der Waals surface area contributed by atoms with Crippen LogP contribution >= 0.6 is 7.60 Å². The predicted octanol–water partition coefficient (Wildman–Crippen LogP) is 0.850. The summed E-state index contributed by atoms with van der Waals surface area (Å²) in [6.07, 6.45) is -0.228. The first-order valence-corrected chi connectivity index (χ1v) is 11.1. The van der Waals surface area contributed by atoms with E-state index in [1.54, 1.807) is 20.8 Å². The highest BCUT2D eigenvalue weighted by Gasteiger charge is 2.60. The van der Waals surface area contributed by atoms with E-state index >= 15 is 0 Å². The van der Waals surface area contributed by atoms with E-state index in [0.717, 1.165) is 0 Å². The van der Waals surface area contributed by atoms with Gasteiger partial charge in [-0.3, -0.25) is 18.9 Å². The minimum Gasteiger partial charge on any atom is -0.396 e. The second-order valence-electron chi connectivity index (χ2n) is 6.83. The number of hydrogen-bond acceptors (Lipinski definition) is 9. The fourth-order valence-corrected chi connectivity index (χ4v) is 5.57. The lowest BCUT2D eigenvalue weighted by molar-refractivity contribution is -0.280. The van der Waals surface area contributed by atoms with Crippen LogP contribution in [-0.2, 0) is 27.8 Å². The van der Waals surface area contributed by atoms with Crippen LogP contribution in [0.1, 0.15) is 38.5 Å². The lowest BCUT2D eigenvalue weighted by Crippen LogP contribution is -2.51. The maximum absolute atomic E-state index is 13.4. The predicted molar refractivity (Wildman–Crippen MR) is 101 cm³/mol. The number of aliphatic hydroxyl groups excluding tert-OH is 1. The minimum atomic E-state index is -3.88. The standard InChI is InChI=1S/C17H27N2O9P/c1-4-25-29(23,26-5-2)17(6-7-20)24-10-13-12(28-17)8-14(27-13)19-9-11(3)15(21)18-16(19)22/h9,12-14,20H,4-8,10H2,1-3H3,(H,18,21,22)/t12-,13+,14+,17-/m0/s1. The maximum atomic E-state index is 13.4. The molecule has 2 aliphatic heterocycles. The quantitative estimate of drug-likeness (QED) is 0.570. The van der Waals surface area contributed by atoms with Gasteiger partial charge in [0.2, 0.25) is 0 Å². The van der Waals surface area contributed by atoms with Crippen LogP contribution in [0.4, 0.5) is 0 Å². The van der Waals surface area contributed by atoms with Gasteiger partial charge in [-0.05, 0) is 20.8 Å². The number of rotatable bonds is 8. The Morgan fingerprint density at radius 3 is 2.62 bits per heavy atom. The van der Waals surface area contributed by atoms with Crippen LogP contribution in [0.25, 0.3) is 0 Å². The van der Waals surface area contributed by atoms with E-state index in [0.29, 0.717) is 5.56 Å². The van der Waals surface area contributed by atoms with Gasteiger partial charge in [-0.2, -0.15) is 0 Å². The summed E-state index contributed by atoms with van der Waals surface area (Å²) in [6, 6.07) is 0. The highest BCUT2D eigenvalue weighted by Crippen LogP contribution is 2.64. The van der Waals surface area contributed by atoms with Gasteiger partial charge in [0.1, 0.15) is 12.3 Å². The molecule has 2 fully saturated rings. The summed E-state index contributed by atoms with van der Waals surface area (Å²) in [5, 5.41) is 9.54. The Balaban J connectivity index is 1.87. The topological polar surface area (TPSA) is 138 Å². The number of aliphatic hydroxyl groups is 1. The molecular weight excluding hydrogens is 407 g/mol. The highest BCUT2D eigenvalue weighted by molar-refractivity contribution is 7.55. The van der Waals surface area contributed by atoms with Crippen LogP contribution in [0.2, 0.25) is 0 Å². The fraction of sp³-hybridized carbons (Fsp3) is 0.765. The molecule has 0 amide bonds. The normalized spacial score (nSPS) is 29.7. The van der Waals surface area contributed by atoms with Crippen molar-refractivity contribution in [1.82, 2.24) is 9.55 Å². The van der Waals surface area contributed by atoms with Crippen molar-refractivity contribution in [3.8, 4) is 0 Å². The second-order valence-corrected chi connectivity index (χ2v) is 9.02. The van der Waals surface area contributed by atoms with E-state index in [2.05, 4.69) is 4.98 Å². The van der Waals surface area contributed by atoms with E-state index in [1.165, 1.54) is 10.8 Å². The van der Waals surface area contributed by atoms with Crippen LogP contribution < -0.4 is 11.2 Å². The van der Waals surface area contributed by atoms with Crippen LogP contribution in [0.5, 0.6) is 0 Å². The number of nitrogens with zero attached hydrogens (tertiary/aromatic N) is 1. The average molecular weight is 434 g/mol. The second kappa shape index (κ2) is 8.81. The van der Waals surface area contributed by atoms with Crippen molar-refractivity contribution in [2.75, 3.05) is 26.4 Å². The zero-order chi connectivity index (χ0) is 21.2. The lowest BCUT2D eigenvalue weighted by Gasteiger charge is -2.43. The molecule has 2 saturated heterocycles. The van der Waals surface area contributed by atoms with Gasteiger partial charge in [0.25, 0.3) is 11.1 Å². The summed E-state index contributed by atoms with van der Waals surface area (Å²) in [6.45, 7) is 4.80. The van der Waals surface area contributed by atoms with E-state index in [-0.39, 0.29) is 39.3 Å². The van der Waals surface area contributed by atoms with Crippen molar-refractivity contribution in [3.63, 3.8) is 0 Å². The molecule has 0 unspecified atom stereocenters. The smallest absolute Gasteiger partial charge is 0.389 e. The van der Waals surface area contributed by atoms with Gasteiger partial charge < -0.3 is 28.4 Å². The molecule has 0 spiro atoms. The molecule has 1 aromatic heterocycles. The number of H-pyrrole nitrogens is 1. The average Bonchev–Trinajstić information content (AvgIpc) is 3.08. The van der Waals surface area contributed by atoms with Gasteiger partial charge in [0.15, 0.2) is 0 Å². The molecule has 29 heavy (non-hydrogen) atoms. The Morgan fingerprint density at radius 2 is 2.00 bits per heavy atom. The van der Waals surface area contributed by atoms with Crippen molar-refractivity contribution in [3.05, 3.63) is 32.6 Å². The molecule has 1 aromatic rings. The van der Waals surface area contributed by atoms with Crippen LogP contribution in [0.15, 0.2) is 15.8 Å². The first kappa shape index (κ1) is 22.4. The molecule has 3 heterocycles. The van der Waals surface area contributed by atoms with Gasteiger partial charge >= 0.3 is 13.3 Å². The summed E-state index contributed by atoms with van der Waals surface area (Å²) < 4.78 is 43.2. The summed E-state index contributed by atoms with van der Waals surface area (Å²) >= 11 is 0. The Bertz CT molecular complexity index is 874. The third-order valence-electron chi connectivity index (χ3n) is 4.89. The van der Waals surface area contributed by atoms with Gasteiger partial charge in [-0.15, -0.1) is 0 Å². The molecule has 0 aliphatic carbocycles. The summed E-state index contributed by atoms with van der Waals surface area (Å²) in [5.74, 6) is 0. The van der Waals surface area contributed by atoms with E-state index in [1.807, 2.05) is 0 Å². The molecule has 0 radical (unpaired) electrons. The monoisotopic (exact) mass is 434 g/mol. The van der Waals surface area contributed by atoms with Crippen LogP contribution in [0.3, 0.4) is 0 Å². The molecule has 12 heteroatoms. The molecule has 3 rings (SSSR count). The zero-order valence-corrected chi connectivity index (χ0v) is 17.6. The molecule has 164 valence electrons. The van der Waals surface area contributed by atoms with E-state index < -0.39 is 42.8 Å². The van der Waals surface area contributed by atoms with Crippen LogP contribution in [0, 0.1) is 6.92 Å². The number of aryl methyl sites for hydroxylation is 1. The molecule has 2 N–H and O–H groups in total. The largest absolute Gasteiger partial charge is 0.396 e. The number of nitrogens with one attached hydrogen (secondary N) is 1. The third kappa shape index (κ3) is 4.13. The van der Waals surface area contributed by atoms with Gasteiger partial charge in [-0.25, -0.2) is 4.79 Å². The third-order valence-corrected chi connectivity index (χ3v) is 7.38. The number of aromatic amines is 1. The van der Waals surface area contributed by atoms with Crippen molar-refractivity contribution in [2.45, 2.75) is 57.6 Å². The Hall–Kier alpha value is -1.33. The van der Waals surface area contributed by atoms with Gasteiger partial charge in [-0.1, -0.05) is 0 Å². The summed E-state index contributed by atoms with van der Waals surface area (Å²) in [4.78, 5) is 26.0. The number of ether oxygens (including phenoxy) is 3. The van der Waals surface area contributed by atoms with Crippen molar-refractivity contribution < 1.29 is 32.9 Å². The number of hydrogen-bond donors (Lipinski definition) is 2. The molecular formula is C17H27N2O9P. The van der Waals surface area contributed by atoms with E-state index in [9.17, 15) is 19.3 Å². The summed E-state index contributed by atoms with van der Waals surface area (Å²) in [7, 11) is -3.88. The number of fused-ring (bicyclic) bond motifs is 1. The Morgan fingerprint density at radius 1 is 1.31 bits per heavy atom. The SMILES string of the molecule is CCOP(=O)(OCC)[C@@]1(CCO)OC[C@H]2O[C@@H](n3cc(C)c(=O)[nH]c3=O)C[C@@H]2O1. The molecule has 2 aliphatic rings. The molecule has 0 saturated carbocycles. The molecule has 4 atom stereocenters. The number of aromatic nitrogens is 2. The van der Waals surface area contributed by atoms with Gasteiger partial charge in [0, 0.05) is 31.2 Å². The summed E-state index contributed by atoms with van der Waals surface area (Å²) in [5.41, 5.74) is -2.45. The van der Waals surface area contributed by atoms with E-state index in [4.69, 9.17) is 23.3 Å². The van der Waals surface area contributed by atoms with Crippen molar-refractivity contribution in [2.24, 2.45) is 0 Å². The lowest BCUT2D eigenvalue weighted by atomic mass is 10.1. The Kier molecular flexibility index (Phi) is 6.79. The zero-order valence-electron chi connectivity index (χ0n) is 16.7. The van der Waals surface area contributed by atoms with Crippen molar-refractivity contribution in [1.29, 1.82) is 0 Å².